The second kappa shape index (κ2) is 7.14. The quantitative estimate of drug-likeness (QED) is 0.625. The normalized spacial score (nSPS) is 11.4. The Kier molecular flexibility index (Phi) is 5.82. The highest BCUT2D eigenvalue weighted by atomic mass is 19.4. The summed E-state index contributed by atoms with van der Waals surface area (Å²) in [7, 11) is 0. The predicted molar refractivity (Wildman–Crippen MR) is 70.3 cm³/mol. The lowest BCUT2D eigenvalue weighted by Crippen LogP contribution is -2.18. The van der Waals surface area contributed by atoms with Crippen molar-refractivity contribution in [2.75, 3.05) is 24.3 Å². The molecule has 0 saturated carbocycles. The number of benzene rings is 1. The molecule has 4 nitrogen and oxygen atoms in total. The first-order chi connectivity index (χ1) is 9.29. The number of nitrogens with two attached hydrogens (primary N) is 1. The minimum Gasteiger partial charge on any atom is -0.398 e. The molecule has 3 N–H and O–H groups in total. The van der Waals surface area contributed by atoms with Crippen LogP contribution in [0.15, 0.2) is 18.2 Å². The molecule has 1 rings (SSSR count). The lowest BCUT2D eigenvalue weighted by molar-refractivity contribution is -0.174. The molecule has 20 heavy (non-hydrogen) atoms. The van der Waals surface area contributed by atoms with E-state index in [1.54, 1.807) is 25.1 Å². The zero-order chi connectivity index (χ0) is 15.2. The maximum absolute atomic E-state index is 11.8. The van der Waals surface area contributed by atoms with E-state index in [1.165, 1.54) is 0 Å². The van der Waals surface area contributed by atoms with Crippen LogP contribution in [0, 0.1) is 6.92 Å². The van der Waals surface area contributed by atoms with Crippen molar-refractivity contribution < 1.29 is 22.7 Å². The van der Waals surface area contributed by atoms with Crippen LogP contribution in [0.2, 0.25) is 0 Å². The van der Waals surface area contributed by atoms with Gasteiger partial charge in [0, 0.05) is 24.4 Å². The van der Waals surface area contributed by atoms with E-state index in [1.807, 2.05) is 0 Å². The SMILES string of the molecule is Cc1c(N)cccc1NC(=O)CCCOCC(F)(F)F. The molecule has 0 radical (unpaired) electrons. The summed E-state index contributed by atoms with van der Waals surface area (Å²) in [5.41, 5.74) is 7.63. The van der Waals surface area contributed by atoms with Gasteiger partial charge in [-0.25, -0.2) is 0 Å². The van der Waals surface area contributed by atoms with Gasteiger partial charge in [0.1, 0.15) is 6.61 Å². The molecule has 112 valence electrons. The summed E-state index contributed by atoms with van der Waals surface area (Å²) in [5.74, 6) is -0.283. The number of ether oxygens (including phenoxy) is 1. The highest BCUT2D eigenvalue weighted by Gasteiger charge is 2.27. The fourth-order valence-corrected chi connectivity index (χ4v) is 1.52. The van der Waals surface area contributed by atoms with Crippen LogP contribution in [0.4, 0.5) is 24.5 Å². The lowest BCUT2D eigenvalue weighted by Gasteiger charge is -2.10. The number of halogens is 3. The summed E-state index contributed by atoms with van der Waals surface area (Å²) >= 11 is 0. The summed E-state index contributed by atoms with van der Waals surface area (Å²) in [6, 6.07) is 5.14. The molecular formula is C13H17F3N2O2. The first kappa shape index (κ1) is 16.3. The molecule has 0 unspecified atom stereocenters. The molecule has 0 spiro atoms. The van der Waals surface area contributed by atoms with Crippen LogP contribution in [-0.4, -0.2) is 25.3 Å². The number of anilines is 2. The van der Waals surface area contributed by atoms with E-state index in [9.17, 15) is 18.0 Å². The van der Waals surface area contributed by atoms with Crippen molar-refractivity contribution in [3.63, 3.8) is 0 Å². The molecule has 0 aromatic heterocycles. The topological polar surface area (TPSA) is 64.3 Å². The van der Waals surface area contributed by atoms with Gasteiger partial charge < -0.3 is 15.8 Å². The van der Waals surface area contributed by atoms with Crippen LogP contribution in [0.3, 0.4) is 0 Å². The van der Waals surface area contributed by atoms with E-state index in [2.05, 4.69) is 10.1 Å². The van der Waals surface area contributed by atoms with Gasteiger partial charge in [0.2, 0.25) is 5.91 Å². The van der Waals surface area contributed by atoms with Crippen LogP contribution in [-0.2, 0) is 9.53 Å². The first-order valence-corrected chi connectivity index (χ1v) is 6.09. The average molecular weight is 290 g/mol. The van der Waals surface area contributed by atoms with E-state index in [-0.39, 0.29) is 25.4 Å². The molecule has 0 aliphatic carbocycles. The molecule has 1 aromatic rings. The van der Waals surface area contributed by atoms with Crippen LogP contribution < -0.4 is 11.1 Å². The monoisotopic (exact) mass is 290 g/mol. The number of rotatable bonds is 6. The van der Waals surface area contributed by atoms with Crippen molar-refractivity contribution in [1.29, 1.82) is 0 Å². The molecule has 1 amide bonds. The largest absolute Gasteiger partial charge is 0.411 e. The second-order valence-corrected chi connectivity index (χ2v) is 4.34. The number of amides is 1. The molecule has 0 aliphatic heterocycles. The van der Waals surface area contributed by atoms with Gasteiger partial charge in [-0.05, 0) is 31.0 Å². The zero-order valence-electron chi connectivity index (χ0n) is 11.1. The molecule has 0 aliphatic rings. The number of alkyl halides is 3. The first-order valence-electron chi connectivity index (χ1n) is 6.09. The average Bonchev–Trinajstić information content (AvgIpc) is 2.33. The Labute approximate surface area is 115 Å². The van der Waals surface area contributed by atoms with Crippen molar-refractivity contribution in [1.82, 2.24) is 0 Å². The van der Waals surface area contributed by atoms with Crippen LogP contribution >= 0.6 is 0 Å². The summed E-state index contributed by atoms with van der Waals surface area (Å²) < 4.78 is 39.8. The standard InChI is InChI=1S/C13H17F3N2O2/c1-9-10(17)4-2-5-11(9)18-12(19)6-3-7-20-8-13(14,15)16/h2,4-5H,3,6-8,17H2,1H3,(H,18,19). The molecular weight excluding hydrogens is 273 g/mol. The van der Waals surface area contributed by atoms with Gasteiger partial charge in [0.05, 0.1) is 0 Å². The number of carbonyl (C=O) groups is 1. The summed E-state index contributed by atoms with van der Waals surface area (Å²) in [5, 5.41) is 2.66. The lowest BCUT2D eigenvalue weighted by atomic mass is 10.1. The Morgan fingerprint density at radius 3 is 2.75 bits per heavy atom. The minimum absolute atomic E-state index is 0.0894. The van der Waals surface area contributed by atoms with Crippen molar-refractivity contribution >= 4 is 17.3 Å². The Morgan fingerprint density at radius 1 is 1.40 bits per heavy atom. The van der Waals surface area contributed by atoms with Gasteiger partial charge in [-0.2, -0.15) is 13.2 Å². The van der Waals surface area contributed by atoms with Crippen LogP contribution in [0.5, 0.6) is 0 Å². The Morgan fingerprint density at radius 2 is 2.10 bits per heavy atom. The maximum Gasteiger partial charge on any atom is 0.411 e. The van der Waals surface area contributed by atoms with Gasteiger partial charge in [0.25, 0.3) is 0 Å². The summed E-state index contributed by atoms with van der Waals surface area (Å²) in [6.07, 6.45) is -4.02. The molecule has 0 atom stereocenters. The number of carbonyl (C=O) groups excluding carboxylic acids is 1. The summed E-state index contributed by atoms with van der Waals surface area (Å²) in [4.78, 5) is 11.6. The predicted octanol–water partition coefficient (Wildman–Crippen LogP) is 2.87. The highest BCUT2D eigenvalue weighted by molar-refractivity contribution is 5.92. The van der Waals surface area contributed by atoms with E-state index < -0.39 is 12.8 Å². The number of hydrogen-bond acceptors (Lipinski definition) is 3. The van der Waals surface area contributed by atoms with E-state index in [0.717, 1.165) is 5.56 Å². The van der Waals surface area contributed by atoms with Crippen molar-refractivity contribution in [2.45, 2.75) is 25.9 Å². The smallest absolute Gasteiger partial charge is 0.398 e. The van der Waals surface area contributed by atoms with Crippen LogP contribution in [0.1, 0.15) is 18.4 Å². The van der Waals surface area contributed by atoms with Gasteiger partial charge in [-0.3, -0.25) is 4.79 Å². The number of hydrogen-bond donors (Lipinski definition) is 2. The minimum atomic E-state index is -4.33. The molecule has 0 heterocycles. The number of nitrogen functional groups attached to an aromatic ring is 1. The zero-order valence-corrected chi connectivity index (χ0v) is 11.1. The Hall–Kier alpha value is -1.76. The highest BCUT2D eigenvalue weighted by Crippen LogP contribution is 2.20. The van der Waals surface area contributed by atoms with Gasteiger partial charge in [-0.15, -0.1) is 0 Å². The van der Waals surface area contributed by atoms with E-state index >= 15 is 0 Å². The van der Waals surface area contributed by atoms with Crippen LogP contribution in [0.25, 0.3) is 0 Å². The summed E-state index contributed by atoms with van der Waals surface area (Å²) in [6.45, 7) is 0.378. The Balaban J connectivity index is 2.29. The molecule has 7 heteroatoms. The van der Waals surface area contributed by atoms with E-state index in [4.69, 9.17) is 5.73 Å². The molecule has 0 fully saturated rings. The Bertz CT molecular complexity index is 461. The second-order valence-electron chi connectivity index (χ2n) is 4.34. The third-order valence-corrected chi connectivity index (χ3v) is 2.61. The maximum atomic E-state index is 11.8. The molecule has 0 saturated heterocycles. The van der Waals surface area contributed by atoms with Crippen molar-refractivity contribution in [2.24, 2.45) is 0 Å². The van der Waals surface area contributed by atoms with Crippen molar-refractivity contribution in [3.8, 4) is 0 Å². The molecule has 0 bridgehead atoms. The van der Waals surface area contributed by atoms with Gasteiger partial charge >= 0.3 is 6.18 Å². The number of nitrogens with one attached hydrogen (secondary N) is 1. The third kappa shape index (κ3) is 5.92. The van der Waals surface area contributed by atoms with Gasteiger partial charge in [-0.1, -0.05) is 6.07 Å². The fourth-order valence-electron chi connectivity index (χ4n) is 1.52. The van der Waals surface area contributed by atoms with Gasteiger partial charge in [0.15, 0.2) is 0 Å². The third-order valence-electron chi connectivity index (χ3n) is 2.61. The van der Waals surface area contributed by atoms with E-state index in [0.29, 0.717) is 11.4 Å². The molecule has 1 aromatic carbocycles. The fraction of sp³-hybridized carbons (Fsp3) is 0.462. The van der Waals surface area contributed by atoms with Crippen molar-refractivity contribution in [3.05, 3.63) is 23.8 Å².